The van der Waals surface area contributed by atoms with Crippen LogP contribution >= 0.6 is 11.6 Å². The third kappa shape index (κ3) is 5.50. The van der Waals surface area contributed by atoms with Gasteiger partial charge in [-0.25, -0.2) is 9.59 Å². The Labute approximate surface area is 186 Å². The van der Waals surface area contributed by atoms with Crippen LogP contribution in [0.4, 0.5) is 0 Å². The van der Waals surface area contributed by atoms with Gasteiger partial charge in [0, 0.05) is 21.7 Å². The molecule has 0 aliphatic heterocycles. The molecule has 0 fully saturated rings. The molecule has 5 heteroatoms. The molecule has 4 nitrogen and oxygen atoms in total. The van der Waals surface area contributed by atoms with E-state index in [0.29, 0.717) is 27.7 Å². The summed E-state index contributed by atoms with van der Waals surface area (Å²) in [6.07, 6.45) is 0. The van der Waals surface area contributed by atoms with Crippen LogP contribution in [0.2, 0.25) is 5.02 Å². The molecule has 156 valence electrons. The second kappa shape index (κ2) is 9.45. The van der Waals surface area contributed by atoms with Crippen molar-refractivity contribution in [2.24, 2.45) is 0 Å². The van der Waals surface area contributed by atoms with Crippen molar-refractivity contribution in [2.45, 2.75) is 13.8 Å². The van der Waals surface area contributed by atoms with Crippen LogP contribution in [0.1, 0.15) is 13.8 Å². The zero-order chi connectivity index (χ0) is 22.5. The molecule has 0 N–H and O–H groups in total. The maximum absolute atomic E-state index is 11.6. The van der Waals surface area contributed by atoms with E-state index in [1.54, 1.807) is 38.1 Å². The zero-order valence-corrected chi connectivity index (χ0v) is 18.0. The molecule has 0 saturated heterocycles. The SMILES string of the molecule is C=C(C)C(=O)Oc1ccc(-c2ccc(-c3ccc(OC(=O)C(=C)C)cc3)c(Cl)c2)cc1. The van der Waals surface area contributed by atoms with Gasteiger partial charge in [0.1, 0.15) is 11.5 Å². The van der Waals surface area contributed by atoms with E-state index < -0.39 is 11.9 Å². The number of halogens is 1. The van der Waals surface area contributed by atoms with E-state index in [2.05, 4.69) is 13.2 Å². The number of carbonyl (C=O) groups is 2. The van der Waals surface area contributed by atoms with Crippen molar-refractivity contribution in [1.82, 2.24) is 0 Å². The van der Waals surface area contributed by atoms with E-state index in [-0.39, 0.29) is 0 Å². The quantitative estimate of drug-likeness (QED) is 0.249. The summed E-state index contributed by atoms with van der Waals surface area (Å²) in [4.78, 5) is 23.2. The normalized spacial score (nSPS) is 10.3. The Kier molecular flexibility index (Phi) is 6.73. The third-order valence-electron chi connectivity index (χ3n) is 4.44. The molecule has 3 rings (SSSR count). The molecular formula is C26H21ClO4. The van der Waals surface area contributed by atoms with Crippen LogP contribution in [0, 0.1) is 0 Å². The highest BCUT2D eigenvalue weighted by Crippen LogP contribution is 2.33. The van der Waals surface area contributed by atoms with E-state index in [1.165, 1.54) is 0 Å². The highest BCUT2D eigenvalue weighted by atomic mass is 35.5. The lowest BCUT2D eigenvalue weighted by atomic mass is 10.00. The van der Waals surface area contributed by atoms with Crippen LogP contribution in [0.25, 0.3) is 22.3 Å². The lowest BCUT2D eigenvalue weighted by molar-refractivity contribution is -0.130. The monoisotopic (exact) mass is 432 g/mol. The van der Waals surface area contributed by atoms with Crippen LogP contribution in [0.3, 0.4) is 0 Å². The van der Waals surface area contributed by atoms with Gasteiger partial charge in [-0.05, 0) is 60.9 Å². The molecular weight excluding hydrogens is 412 g/mol. The van der Waals surface area contributed by atoms with E-state index in [4.69, 9.17) is 21.1 Å². The number of carbonyl (C=O) groups excluding carboxylic acids is 2. The van der Waals surface area contributed by atoms with E-state index in [0.717, 1.165) is 22.3 Å². The lowest BCUT2D eigenvalue weighted by Crippen LogP contribution is -2.07. The molecule has 0 radical (unpaired) electrons. The summed E-state index contributed by atoms with van der Waals surface area (Å²) in [5.41, 5.74) is 4.30. The number of hydrogen-bond acceptors (Lipinski definition) is 4. The average molecular weight is 433 g/mol. The largest absolute Gasteiger partial charge is 0.423 e. The minimum absolute atomic E-state index is 0.338. The van der Waals surface area contributed by atoms with Crippen LogP contribution in [-0.4, -0.2) is 11.9 Å². The van der Waals surface area contributed by atoms with E-state index in [9.17, 15) is 9.59 Å². The number of esters is 2. The molecule has 0 unspecified atom stereocenters. The fourth-order valence-corrected chi connectivity index (χ4v) is 3.02. The minimum Gasteiger partial charge on any atom is -0.423 e. The highest BCUT2D eigenvalue weighted by Gasteiger charge is 2.10. The first-order valence-electron chi connectivity index (χ1n) is 9.50. The van der Waals surface area contributed by atoms with Gasteiger partial charge in [-0.2, -0.15) is 0 Å². The Morgan fingerprint density at radius 2 is 1.10 bits per heavy atom. The summed E-state index contributed by atoms with van der Waals surface area (Å²) in [6.45, 7) is 10.3. The Morgan fingerprint density at radius 1 is 0.677 bits per heavy atom. The first-order chi connectivity index (χ1) is 14.7. The van der Waals surface area contributed by atoms with E-state index in [1.807, 2.05) is 42.5 Å². The fraction of sp³-hybridized carbons (Fsp3) is 0.0769. The molecule has 0 amide bonds. The van der Waals surface area contributed by atoms with Crippen LogP contribution < -0.4 is 9.47 Å². The lowest BCUT2D eigenvalue weighted by Gasteiger charge is -2.10. The summed E-state index contributed by atoms with van der Waals surface area (Å²) >= 11 is 6.54. The van der Waals surface area contributed by atoms with Crippen molar-refractivity contribution in [3.8, 4) is 33.8 Å². The van der Waals surface area contributed by atoms with Gasteiger partial charge in [-0.15, -0.1) is 0 Å². The average Bonchev–Trinajstić information content (AvgIpc) is 2.74. The summed E-state index contributed by atoms with van der Waals surface area (Å²) < 4.78 is 10.4. The number of rotatable bonds is 6. The Hall–Kier alpha value is -3.63. The second-order valence-electron chi connectivity index (χ2n) is 7.08. The van der Waals surface area contributed by atoms with Crippen molar-refractivity contribution < 1.29 is 19.1 Å². The Balaban J connectivity index is 1.77. The molecule has 0 aliphatic carbocycles. The van der Waals surface area contributed by atoms with Crippen LogP contribution in [0.5, 0.6) is 11.5 Å². The zero-order valence-electron chi connectivity index (χ0n) is 17.3. The Morgan fingerprint density at radius 3 is 1.52 bits per heavy atom. The van der Waals surface area contributed by atoms with Crippen LogP contribution in [-0.2, 0) is 9.59 Å². The fourth-order valence-electron chi connectivity index (χ4n) is 2.74. The van der Waals surface area contributed by atoms with Gasteiger partial charge in [0.25, 0.3) is 0 Å². The predicted molar refractivity (Wildman–Crippen MR) is 123 cm³/mol. The van der Waals surface area contributed by atoms with Crippen molar-refractivity contribution in [3.05, 3.63) is 96.1 Å². The van der Waals surface area contributed by atoms with Gasteiger partial charge in [0.15, 0.2) is 0 Å². The molecule has 31 heavy (non-hydrogen) atoms. The summed E-state index contributed by atoms with van der Waals surface area (Å²) in [5, 5.41) is 0.585. The van der Waals surface area contributed by atoms with Crippen molar-refractivity contribution in [2.75, 3.05) is 0 Å². The maximum atomic E-state index is 11.6. The number of hydrogen-bond donors (Lipinski definition) is 0. The smallest absolute Gasteiger partial charge is 0.338 e. The third-order valence-corrected chi connectivity index (χ3v) is 4.75. The number of benzene rings is 3. The minimum atomic E-state index is -0.462. The summed E-state index contributed by atoms with van der Waals surface area (Å²) in [7, 11) is 0. The summed E-state index contributed by atoms with van der Waals surface area (Å²) in [5.74, 6) is -0.0278. The van der Waals surface area contributed by atoms with Crippen molar-refractivity contribution in [3.63, 3.8) is 0 Å². The molecule has 0 aliphatic rings. The molecule has 3 aromatic rings. The Bertz CT molecular complexity index is 1160. The van der Waals surface area contributed by atoms with Crippen molar-refractivity contribution in [1.29, 1.82) is 0 Å². The van der Waals surface area contributed by atoms with Crippen molar-refractivity contribution >= 4 is 23.5 Å². The molecule has 3 aromatic carbocycles. The van der Waals surface area contributed by atoms with Crippen LogP contribution in [0.15, 0.2) is 91.0 Å². The molecule has 0 aromatic heterocycles. The van der Waals surface area contributed by atoms with Gasteiger partial charge in [-0.3, -0.25) is 0 Å². The van der Waals surface area contributed by atoms with E-state index >= 15 is 0 Å². The van der Waals surface area contributed by atoms with Gasteiger partial charge < -0.3 is 9.47 Å². The second-order valence-corrected chi connectivity index (χ2v) is 7.49. The van der Waals surface area contributed by atoms with Gasteiger partial charge in [0.05, 0.1) is 0 Å². The predicted octanol–water partition coefficient (Wildman–Crippen LogP) is 6.64. The first kappa shape index (κ1) is 22.1. The van der Waals surface area contributed by atoms with Gasteiger partial charge in [0.2, 0.25) is 0 Å². The van der Waals surface area contributed by atoms with Gasteiger partial charge >= 0.3 is 11.9 Å². The van der Waals surface area contributed by atoms with Gasteiger partial charge in [-0.1, -0.05) is 61.2 Å². The molecule has 0 bridgehead atoms. The highest BCUT2D eigenvalue weighted by molar-refractivity contribution is 6.33. The topological polar surface area (TPSA) is 52.6 Å². The molecule has 0 spiro atoms. The molecule has 0 heterocycles. The summed E-state index contributed by atoms with van der Waals surface area (Å²) in [6, 6.07) is 20.0. The number of ether oxygens (including phenoxy) is 2. The maximum Gasteiger partial charge on any atom is 0.338 e. The standard InChI is InChI=1S/C26H21ClO4/c1-16(2)25(28)30-21-10-5-18(6-11-21)20-9-14-23(24(27)15-20)19-7-12-22(13-8-19)31-26(29)17(3)4/h5-15H,1,3H2,2,4H3. The molecule has 0 atom stereocenters. The molecule has 0 saturated carbocycles. The first-order valence-corrected chi connectivity index (χ1v) is 9.88.